The van der Waals surface area contributed by atoms with Gasteiger partial charge in [-0.25, -0.2) is 13.2 Å². The number of anilines is 1. The predicted molar refractivity (Wildman–Crippen MR) is 172 cm³/mol. The third kappa shape index (κ3) is 10.7. The third-order valence-corrected chi connectivity index (χ3v) is 9.39. The molecule has 3 rings (SSSR count). The average Bonchev–Trinajstić information content (AvgIpc) is 3.37. The van der Waals surface area contributed by atoms with Gasteiger partial charge in [-0.15, -0.1) is 0 Å². The number of ether oxygens (including phenoxy) is 3. The van der Waals surface area contributed by atoms with Gasteiger partial charge in [-0.05, 0) is 69.7 Å². The highest BCUT2D eigenvalue weighted by molar-refractivity contribution is 7.89. The van der Waals surface area contributed by atoms with Gasteiger partial charge in [0.05, 0.1) is 30.3 Å². The van der Waals surface area contributed by atoms with Gasteiger partial charge >= 0.3 is 6.09 Å². The molecule has 0 spiro atoms. The molecule has 2 unspecified atom stereocenters. The monoisotopic (exact) mass is 633 g/mol. The average molecular weight is 634 g/mol. The summed E-state index contributed by atoms with van der Waals surface area (Å²) in [5.41, 5.74) is 0.373. The van der Waals surface area contributed by atoms with E-state index in [-0.39, 0.29) is 24.4 Å². The first kappa shape index (κ1) is 35.8. The van der Waals surface area contributed by atoms with Gasteiger partial charge in [0.1, 0.15) is 5.60 Å². The Morgan fingerprint density at radius 1 is 1.05 bits per heavy atom. The molecule has 0 saturated carbocycles. The fourth-order valence-electron chi connectivity index (χ4n) is 5.09. The molecule has 1 heterocycles. The SMILES string of the molecule is CN(C)c1cccc(S(=O)(=O)N(CC(O)C(Cc2ccccc2)NC(=O)OC(C)(C)C)CC(C)(C)CCC2(C)OCCO2)c1. The van der Waals surface area contributed by atoms with Crippen molar-refractivity contribution in [1.82, 2.24) is 9.62 Å². The highest BCUT2D eigenvalue weighted by Crippen LogP contribution is 2.34. The van der Waals surface area contributed by atoms with Crippen molar-refractivity contribution in [1.29, 1.82) is 0 Å². The van der Waals surface area contributed by atoms with Crippen molar-refractivity contribution < 1.29 is 32.5 Å². The lowest BCUT2D eigenvalue weighted by molar-refractivity contribution is -0.151. The minimum absolute atomic E-state index is 0.124. The maximum absolute atomic E-state index is 14.3. The Bertz CT molecular complexity index is 1320. The van der Waals surface area contributed by atoms with E-state index in [0.29, 0.717) is 26.1 Å². The number of amides is 1. The first-order chi connectivity index (χ1) is 20.4. The Morgan fingerprint density at radius 3 is 2.27 bits per heavy atom. The molecule has 0 radical (unpaired) electrons. The number of hydrogen-bond acceptors (Lipinski definition) is 8. The fraction of sp³-hybridized carbons (Fsp3) is 0.606. The molecule has 2 aromatic carbocycles. The van der Waals surface area contributed by atoms with Crippen LogP contribution in [0.2, 0.25) is 0 Å². The van der Waals surface area contributed by atoms with E-state index in [1.54, 1.807) is 39.0 Å². The van der Waals surface area contributed by atoms with Gasteiger partial charge in [0.15, 0.2) is 5.79 Å². The highest BCUT2D eigenvalue weighted by atomic mass is 32.2. The topological polar surface area (TPSA) is 118 Å². The van der Waals surface area contributed by atoms with Crippen molar-refractivity contribution in [3.63, 3.8) is 0 Å². The highest BCUT2D eigenvalue weighted by Gasteiger charge is 2.38. The summed E-state index contributed by atoms with van der Waals surface area (Å²) in [6, 6.07) is 15.4. The number of aliphatic hydroxyl groups is 1. The molecule has 11 heteroatoms. The molecule has 1 aliphatic rings. The zero-order chi connectivity index (χ0) is 32.8. The second kappa shape index (κ2) is 14.6. The standard InChI is InChI=1S/C33H51N3O7S/c1-31(2,3)43-30(38)34-28(21-25-13-10-9-11-14-25)29(37)23-36(24-32(4,5)17-18-33(6)41-19-20-42-33)44(39,40)27-16-12-15-26(22-27)35(7)8/h9-16,22,28-29,37H,17-21,23-24H2,1-8H3,(H,34,38). The molecule has 246 valence electrons. The van der Waals surface area contributed by atoms with Crippen LogP contribution in [-0.4, -0.2) is 87.9 Å². The zero-order valence-electron chi connectivity index (χ0n) is 27.5. The second-order valence-corrected chi connectivity index (χ2v) is 15.6. The zero-order valence-corrected chi connectivity index (χ0v) is 28.3. The molecule has 1 fully saturated rings. The van der Waals surface area contributed by atoms with Gasteiger partial charge in [0.2, 0.25) is 10.0 Å². The van der Waals surface area contributed by atoms with Gasteiger partial charge in [0, 0.05) is 39.3 Å². The maximum atomic E-state index is 14.3. The number of carbonyl (C=O) groups excluding carboxylic acids is 1. The van der Waals surface area contributed by atoms with Crippen molar-refractivity contribution in [3.8, 4) is 0 Å². The molecule has 0 aromatic heterocycles. The molecule has 1 aliphatic heterocycles. The number of aliphatic hydroxyl groups excluding tert-OH is 1. The maximum Gasteiger partial charge on any atom is 0.407 e. The number of nitrogens with one attached hydrogen (secondary N) is 1. The van der Waals surface area contributed by atoms with Gasteiger partial charge in [-0.1, -0.05) is 50.2 Å². The lowest BCUT2D eigenvalue weighted by atomic mass is 9.86. The molecule has 1 amide bonds. The van der Waals surface area contributed by atoms with Gasteiger partial charge in [-0.2, -0.15) is 4.31 Å². The van der Waals surface area contributed by atoms with Crippen LogP contribution < -0.4 is 10.2 Å². The minimum Gasteiger partial charge on any atom is -0.444 e. The molecular formula is C33H51N3O7S. The van der Waals surface area contributed by atoms with E-state index in [4.69, 9.17) is 14.2 Å². The third-order valence-electron chi connectivity index (χ3n) is 7.59. The molecular weight excluding hydrogens is 582 g/mol. The Labute approximate surface area is 263 Å². The predicted octanol–water partition coefficient (Wildman–Crippen LogP) is 4.81. The number of rotatable bonds is 14. The Kier molecular flexibility index (Phi) is 11.9. The van der Waals surface area contributed by atoms with Crippen LogP contribution in [-0.2, 0) is 30.7 Å². The van der Waals surface area contributed by atoms with Gasteiger partial charge in [-0.3, -0.25) is 0 Å². The molecule has 2 N–H and O–H groups in total. The van der Waals surface area contributed by atoms with E-state index in [9.17, 15) is 18.3 Å². The van der Waals surface area contributed by atoms with E-state index in [1.807, 2.05) is 76.2 Å². The van der Waals surface area contributed by atoms with Gasteiger partial charge in [0.25, 0.3) is 0 Å². The van der Waals surface area contributed by atoms with E-state index in [1.165, 1.54) is 4.31 Å². The number of alkyl carbamates (subject to hydrolysis) is 1. The van der Waals surface area contributed by atoms with Crippen LogP contribution >= 0.6 is 0 Å². The lowest BCUT2D eigenvalue weighted by Gasteiger charge is -2.36. The Morgan fingerprint density at radius 2 is 1.68 bits per heavy atom. The van der Waals surface area contributed by atoms with E-state index in [2.05, 4.69) is 5.32 Å². The minimum atomic E-state index is -4.06. The van der Waals surface area contributed by atoms with E-state index >= 15 is 0 Å². The van der Waals surface area contributed by atoms with Crippen molar-refractivity contribution >= 4 is 21.8 Å². The normalized spacial score (nSPS) is 16.9. The number of benzene rings is 2. The van der Waals surface area contributed by atoms with Crippen molar-refractivity contribution in [2.75, 3.05) is 45.3 Å². The largest absolute Gasteiger partial charge is 0.444 e. The van der Waals surface area contributed by atoms with Crippen LogP contribution in [0.1, 0.15) is 59.9 Å². The number of carbonyl (C=O) groups is 1. The summed E-state index contributed by atoms with van der Waals surface area (Å²) in [5, 5.41) is 14.5. The molecule has 44 heavy (non-hydrogen) atoms. The van der Waals surface area contributed by atoms with Gasteiger partial charge < -0.3 is 29.5 Å². The van der Waals surface area contributed by atoms with Crippen LogP contribution in [0.15, 0.2) is 59.5 Å². The molecule has 0 aliphatic carbocycles. The molecule has 0 bridgehead atoms. The van der Waals surface area contributed by atoms with Crippen LogP contribution in [0.4, 0.5) is 10.5 Å². The van der Waals surface area contributed by atoms with Crippen LogP contribution in [0.25, 0.3) is 0 Å². The van der Waals surface area contributed by atoms with E-state index in [0.717, 1.165) is 11.3 Å². The van der Waals surface area contributed by atoms with Crippen molar-refractivity contribution in [2.24, 2.45) is 5.41 Å². The molecule has 10 nitrogen and oxygen atoms in total. The summed E-state index contributed by atoms with van der Waals surface area (Å²) in [7, 11) is -0.366. The lowest BCUT2D eigenvalue weighted by Crippen LogP contribution is -2.52. The van der Waals surface area contributed by atoms with Crippen LogP contribution in [0, 0.1) is 5.41 Å². The Hall–Kier alpha value is -2.70. The Balaban J connectivity index is 1.93. The summed E-state index contributed by atoms with van der Waals surface area (Å²) in [4.78, 5) is 14.8. The fourth-order valence-corrected chi connectivity index (χ4v) is 6.77. The number of nitrogens with zero attached hydrogens (tertiary/aromatic N) is 2. The summed E-state index contributed by atoms with van der Waals surface area (Å²) in [5.74, 6) is -0.710. The first-order valence-electron chi connectivity index (χ1n) is 15.2. The van der Waals surface area contributed by atoms with Crippen LogP contribution in [0.5, 0.6) is 0 Å². The quantitative estimate of drug-likeness (QED) is 0.305. The summed E-state index contributed by atoms with van der Waals surface area (Å²) < 4.78 is 46.9. The smallest absolute Gasteiger partial charge is 0.407 e. The second-order valence-electron chi connectivity index (χ2n) is 13.7. The first-order valence-corrected chi connectivity index (χ1v) is 16.6. The molecule has 2 atom stereocenters. The summed E-state index contributed by atoms with van der Waals surface area (Å²) in [6.45, 7) is 12.1. The molecule has 1 saturated heterocycles. The number of sulfonamides is 1. The number of hydrogen-bond donors (Lipinski definition) is 2. The van der Waals surface area contributed by atoms with E-state index < -0.39 is 45.1 Å². The van der Waals surface area contributed by atoms with Crippen molar-refractivity contribution in [3.05, 3.63) is 60.2 Å². The summed E-state index contributed by atoms with van der Waals surface area (Å²) in [6.07, 6.45) is -0.446. The van der Waals surface area contributed by atoms with Crippen LogP contribution in [0.3, 0.4) is 0 Å². The van der Waals surface area contributed by atoms with Crippen molar-refractivity contribution in [2.45, 2.75) is 89.2 Å². The summed E-state index contributed by atoms with van der Waals surface area (Å²) >= 11 is 0. The molecule has 2 aromatic rings.